The van der Waals surface area contributed by atoms with E-state index in [0.29, 0.717) is 35.2 Å². The van der Waals surface area contributed by atoms with Crippen LogP contribution in [0.15, 0.2) is 388 Å². The smallest absolute Gasteiger partial charge is 0.252 e. The summed E-state index contributed by atoms with van der Waals surface area (Å²) in [6, 6.07) is 142. The Morgan fingerprint density at radius 3 is 0.800 bits per heavy atom. The Morgan fingerprint density at radius 2 is 0.518 bits per heavy atom. The first-order valence-electron chi connectivity index (χ1n) is 37.5. The molecule has 20 rings (SSSR count). The van der Waals surface area contributed by atoms with Crippen LogP contribution in [0.4, 0.5) is 34.6 Å². The van der Waals surface area contributed by atoms with E-state index >= 15 is 0 Å². The normalized spacial score (nSPS) is 12.4. The van der Waals surface area contributed by atoms with Crippen molar-refractivity contribution in [3.63, 3.8) is 0 Å². The molecule has 0 atom stereocenters. The van der Waals surface area contributed by atoms with Crippen molar-refractivity contribution in [2.75, 3.05) is 9.80 Å². The second-order valence-corrected chi connectivity index (χ2v) is 36.3. The van der Waals surface area contributed by atoms with Gasteiger partial charge in [0.2, 0.25) is 11.9 Å². The van der Waals surface area contributed by atoms with Crippen LogP contribution < -0.4 is 67.7 Å². The molecule has 2 aliphatic rings. The standard InChI is InChI=1S/C98H70BN9Si2/c1-67-53-57-86-82(61-67)83-62-68(2)54-58-87(83)106(86)73-63-90-92-91(64-73)108(98-104-95(71-37-17-5-18-38-71)101-96(105-98)72-39-19-6-20-40-72)89-60-56-81(110(77-47-27-10-28-48-77,78-49-29-11-30-50-78)79-51-31-12-32-52-79)66-85(89)99(92)84-65-80(109(74-41-21-7-22-42-74,75-43-23-8-24-44-75)76-45-25-9-26-46-76)55-59-88(84)107(90)97-102-93(69-33-13-3-14-34-69)100-94(103-97)70-35-15-4-16-36-70/h3-66H,1-2H3. The van der Waals surface area contributed by atoms with Gasteiger partial charge in [-0.05, 0) is 120 Å². The molecule has 110 heavy (non-hydrogen) atoms. The number of hydrogen-bond donors (Lipinski definition) is 0. The second kappa shape index (κ2) is 27.2. The van der Waals surface area contributed by atoms with Crippen LogP contribution in [0.5, 0.6) is 0 Å². The third kappa shape index (κ3) is 10.9. The van der Waals surface area contributed by atoms with Gasteiger partial charge < -0.3 is 4.57 Å². The summed E-state index contributed by atoms with van der Waals surface area (Å²) in [5, 5.41) is 12.4. The van der Waals surface area contributed by atoms with E-state index in [0.717, 1.165) is 88.9 Å². The van der Waals surface area contributed by atoms with E-state index in [1.807, 2.05) is 24.3 Å². The summed E-state index contributed by atoms with van der Waals surface area (Å²) >= 11 is 0. The average Bonchev–Trinajstić information content (AvgIpc) is 0.796. The maximum Gasteiger partial charge on any atom is 0.252 e. The highest BCUT2D eigenvalue weighted by Gasteiger charge is 2.50. The fourth-order valence-corrected chi connectivity index (χ4v) is 27.0. The maximum absolute atomic E-state index is 5.80. The zero-order valence-electron chi connectivity index (χ0n) is 60.6. The molecule has 5 heterocycles. The molecule has 12 heteroatoms. The predicted molar refractivity (Wildman–Crippen MR) is 460 cm³/mol. The highest BCUT2D eigenvalue weighted by Crippen LogP contribution is 2.47. The van der Waals surface area contributed by atoms with Crippen LogP contribution in [0, 0.1) is 13.8 Å². The Balaban J connectivity index is 0.989. The van der Waals surface area contributed by atoms with Crippen molar-refractivity contribution in [2.24, 2.45) is 0 Å². The van der Waals surface area contributed by atoms with Gasteiger partial charge in [-0.25, -0.2) is 9.97 Å². The van der Waals surface area contributed by atoms with Gasteiger partial charge in [0.15, 0.2) is 39.4 Å². The molecule has 0 saturated heterocycles. The van der Waals surface area contributed by atoms with Crippen LogP contribution in [0.3, 0.4) is 0 Å². The topological polar surface area (TPSA) is 88.8 Å². The summed E-state index contributed by atoms with van der Waals surface area (Å²) in [5.41, 5.74) is 15.7. The molecule has 0 spiro atoms. The molecule has 0 N–H and O–H groups in total. The number of fused-ring (bicyclic) bond motifs is 7. The maximum atomic E-state index is 5.80. The summed E-state index contributed by atoms with van der Waals surface area (Å²) in [7, 11) is -6.61. The summed E-state index contributed by atoms with van der Waals surface area (Å²) in [6.45, 7) is 3.89. The molecule has 2 aliphatic heterocycles. The van der Waals surface area contributed by atoms with Crippen LogP contribution in [0.2, 0.25) is 0 Å². The van der Waals surface area contributed by atoms with E-state index in [2.05, 4.69) is 392 Å². The van der Waals surface area contributed by atoms with Crippen molar-refractivity contribution in [2.45, 2.75) is 13.8 Å². The van der Waals surface area contributed by atoms with Crippen LogP contribution >= 0.6 is 0 Å². The van der Waals surface area contributed by atoms with Crippen molar-refractivity contribution in [3.05, 3.63) is 399 Å². The number of aromatic nitrogens is 7. The number of aryl methyl sites for hydroxylation is 2. The van der Waals surface area contributed by atoms with Crippen LogP contribution in [-0.2, 0) is 0 Å². The first kappa shape index (κ1) is 65.7. The van der Waals surface area contributed by atoms with Crippen molar-refractivity contribution < 1.29 is 0 Å². The van der Waals surface area contributed by atoms with Gasteiger partial charge in [0, 0.05) is 55.8 Å². The van der Waals surface area contributed by atoms with Crippen molar-refractivity contribution in [3.8, 4) is 51.2 Å². The van der Waals surface area contributed by atoms with Crippen molar-refractivity contribution in [1.29, 1.82) is 0 Å². The molecule has 18 aromatic rings. The van der Waals surface area contributed by atoms with Gasteiger partial charge in [0.1, 0.15) is 0 Å². The Labute approximate surface area is 641 Å². The lowest BCUT2D eigenvalue weighted by Crippen LogP contribution is -2.76. The average molecular weight is 1440 g/mol. The molecule has 3 aromatic heterocycles. The molecule has 0 aliphatic carbocycles. The molecule has 15 aromatic carbocycles. The number of rotatable bonds is 15. The largest absolute Gasteiger partial charge is 0.309 e. The van der Waals surface area contributed by atoms with E-state index in [-0.39, 0.29) is 0 Å². The summed E-state index contributed by atoms with van der Waals surface area (Å²) < 4.78 is 2.46. The Kier molecular flexibility index (Phi) is 16.3. The predicted octanol–water partition coefficient (Wildman–Crippen LogP) is 15.3. The number of benzene rings is 15. The molecule has 518 valence electrons. The molecule has 0 fully saturated rings. The fourth-order valence-electron chi connectivity index (χ4n) is 17.5. The van der Waals surface area contributed by atoms with E-state index < -0.39 is 22.9 Å². The molecular formula is C98H70BN9Si2. The van der Waals surface area contributed by atoms with Crippen LogP contribution in [-0.4, -0.2) is 57.3 Å². The van der Waals surface area contributed by atoms with Gasteiger partial charge in [-0.15, -0.1) is 0 Å². The lowest BCUT2D eigenvalue weighted by Gasteiger charge is -2.44. The van der Waals surface area contributed by atoms with Gasteiger partial charge in [0.05, 0.1) is 16.7 Å². The van der Waals surface area contributed by atoms with Crippen LogP contribution in [0.1, 0.15) is 11.1 Å². The number of anilines is 6. The SMILES string of the molecule is Cc1ccc2c(c1)c1cc(C)ccc1n2-c1cc2c3c(c1)N(c1nc(-c4ccccc4)nc(-c4ccccc4)n1)c1ccc([Si](c4ccccc4)(c4ccccc4)c4ccccc4)cc1B3c1cc([Si](c3ccccc3)(c3ccccc3)c3ccccc3)ccc1N2c1nc(-c2ccccc2)nc(-c2ccccc2)n1. The van der Waals surface area contributed by atoms with E-state index in [1.54, 1.807) is 0 Å². The van der Waals surface area contributed by atoms with E-state index in [9.17, 15) is 0 Å². The zero-order chi connectivity index (χ0) is 73.3. The monoisotopic (exact) mass is 1440 g/mol. The quantitative estimate of drug-likeness (QED) is 0.0741. The minimum Gasteiger partial charge on any atom is -0.309 e. The molecule has 0 bridgehead atoms. The highest BCUT2D eigenvalue weighted by molar-refractivity contribution is 7.21. The summed E-state index contributed by atoms with van der Waals surface area (Å²) in [4.78, 5) is 38.7. The minimum atomic E-state index is -3.30. The molecule has 9 nitrogen and oxygen atoms in total. The van der Waals surface area contributed by atoms with Gasteiger partial charge in [-0.3, -0.25) is 9.80 Å². The first-order valence-corrected chi connectivity index (χ1v) is 41.5. The molecule has 0 unspecified atom stereocenters. The summed E-state index contributed by atoms with van der Waals surface area (Å²) in [6.07, 6.45) is 0. The lowest BCUT2D eigenvalue weighted by atomic mass is 9.33. The van der Waals surface area contributed by atoms with Crippen molar-refractivity contribution >= 4 is 137 Å². The van der Waals surface area contributed by atoms with Gasteiger partial charge in [-0.1, -0.05) is 351 Å². The number of hydrogen-bond acceptors (Lipinski definition) is 8. The molecule has 0 amide bonds. The second-order valence-electron chi connectivity index (χ2n) is 28.7. The zero-order valence-corrected chi connectivity index (χ0v) is 62.6. The van der Waals surface area contributed by atoms with Gasteiger partial charge in [-0.2, -0.15) is 19.9 Å². The number of nitrogens with zero attached hydrogens (tertiary/aromatic N) is 9. The highest BCUT2D eigenvalue weighted by atomic mass is 28.3. The molecule has 0 saturated carbocycles. The minimum absolute atomic E-state index is 0.461. The van der Waals surface area contributed by atoms with E-state index in [1.165, 1.54) is 52.6 Å². The summed E-state index contributed by atoms with van der Waals surface area (Å²) in [5.74, 6) is 3.11. The first-order chi connectivity index (χ1) is 54.4. The van der Waals surface area contributed by atoms with Crippen LogP contribution in [0.25, 0.3) is 73.0 Å². The molecule has 0 radical (unpaired) electrons. The van der Waals surface area contributed by atoms with Crippen molar-refractivity contribution in [1.82, 2.24) is 34.5 Å². The third-order valence-electron chi connectivity index (χ3n) is 22.3. The van der Waals surface area contributed by atoms with E-state index in [4.69, 9.17) is 29.9 Å². The Bertz CT molecular complexity index is 5790. The molecular weight excluding hydrogens is 1370 g/mol. The van der Waals surface area contributed by atoms with Gasteiger partial charge >= 0.3 is 0 Å². The third-order valence-corrected chi connectivity index (χ3v) is 31.8. The Hall–Kier alpha value is -13.8. The fraction of sp³-hybridized carbons (Fsp3) is 0.0204. The Morgan fingerprint density at radius 1 is 0.245 bits per heavy atom. The lowest BCUT2D eigenvalue weighted by molar-refractivity contribution is 1.01. The van der Waals surface area contributed by atoms with Gasteiger partial charge in [0.25, 0.3) is 6.71 Å².